The van der Waals surface area contributed by atoms with Crippen LogP contribution in [0.4, 0.5) is 5.69 Å². The van der Waals surface area contributed by atoms with Gasteiger partial charge in [0.05, 0.1) is 25.2 Å². The smallest absolute Gasteiger partial charge is 0.237 e. The lowest BCUT2D eigenvalue weighted by molar-refractivity contribution is -0.115. The lowest BCUT2D eigenvalue weighted by atomic mass is 10.1. The van der Waals surface area contributed by atoms with Crippen molar-refractivity contribution in [2.75, 3.05) is 19.5 Å². The number of hydrogen-bond donors (Lipinski definition) is 1. The molecule has 2 aromatic carbocycles. The number of hydrogen-bond acceptors (Lipinski definition) is 4. The monoisotopic (exact) mass is 345 g/mol. The van der Waals surface area contributed by atoms with Gasteiger partial charge in [-0.25, -0.2) is 0 Å². The third kappa shape index (κ3) is 4.68. The van der Waals surface area contributed by atoms with Gasteiger partial charge in [-0.1, -0.05) is 24.3 Å². The molecular weight excluding hydrogens is 322 g/mol. The molecule has 4 nitrogen and oxygen atoms in total. The Morgan fingerprint density at radius 3 is 2.58 bits per heavy atom. The number of ether oxygens (including phenoxy) is 2. The van der Waals surface area contributed by atoms with E-state index in [0.717, 1.165) is 5.75 Å². The van der Waals surface area contributed by atoms with Crippen LogP contribution in [-0.2, 0) is 10.5 Å². The standard InChI is InChI=1S/C19H23NO3S/c1-13-7-5-6-8-15(13)12-24-14(2)19(21)20-17-11-16(22-3)9-10-18(17)23-4/h5-11,14H,12H2,1-4H3,(H,20,21). The summed E-state index contributed by atoms with van der Waals surface area (Å²) in [6.07, 6.45) is 0. The number of nitrogens with one attached hydrogen (secondary N) is 1. The number of anilines is 1. The molecule has 0 aliphatic carbocycles. The van der Waals surface area contributed by atoms with Crippen LogP contribution in [0.15, 0.2) is 42.5 Å². The van der Waals surface area contributed by atoms with Crippen molar-refractivity contribution in [1.82, 2.24) is 0 Å². The Morgan fingerprint density at radius 1 is 1.17 bits per heavy atom. The van der Waals surface area contributed by atoms with Crippen LogP contribution in [0.25, 0.3) is 0 Å². The van der Waals surface area contributed by atoms with E-state index in [-0.39, 0.29) is 11.2 Å². The minimum Gasteiger partial charge on any atom is -0.497 e. The van der Waals surface area contributed by atoms with Crippen LogP contribution in [0.3, 0.4) is 0 Å². The van der Waals surface area contributed by atoms with Crippen LogP contribution in [0, 0.1) is 6.92 Å². The van der Waals surface area contributed by atoms with E-state index >= 15 is 0 Å². The zero-order chi connectivity index (χ0) is 17.5. The first-order valence-electron chi connectivity index (χ1n) is 7.74. The lowest BCUT2D eigenvalue weighted by Crippen LogP contribution is -2.23. The number of carbonyl (C=O) groups excluding carboxylic acids is 1. The summed E-state index contributed by atoms with van der Waals surface area (Å²) in [6, 6.07) is 13.6. The number of rotatable bonds is 7. The van der Waals surface area contributed by atoms with Gasteiger partial charge >= 0.3 is 0 Å². The number of methoxy groups -OCH3 is 2. The highest BCUT2D eigenvalue weighted by Crippen LogP contribution is 2.30. The van der Waals surface area contributed by atoms with Gasteiger partial charge < -0.3 is 14.8 Å². The molecular formula is C19H23NO3S. The van der Waals surface area contributed by atoms with Crippen molar-refractivity contribution >= 4 is 23.4 Å². The highest BCUT2D eigenvalue weighted by Gasteiger charge is 2.16. The molecule has 1 N–H and O–H groups in total. The van der Waals surface area contributed by atoms with Gasteiger partial charge in [0.25, 0.3) is 0 Å². The predicted octanol–water partition coefficient (Wildman–Crippen LogP) is 4.27. The molecule has 128 valence electrons. The molecule has 2 rings (SSSR count). The van der Waals surface area contributed by atoms with Gasteiger partial charge in [0.15, 0.2) is 0 Å². The van der Waals surface area contributed by atoms with E-state index in [9.17, 15) is 4.79 Å². The highest BCUT2D eigenvalue weighted by atomic mass is 32.2. The van der Waals surface area contributed by atoms with Crippen LogP contribution < -0.4 is 14.8 Å². The molecule has 0 aliphatic heterocycles. The van der Waals surface area contributed by atoms with Crippen molar-refractivity contribution in [3.63, 3.8) is 0 Å². The summed E-state index contributed by atoms with van der Waals surface area (Å²) in [4.78, 5) is 12.5. The predicted molar refractivity (Wildman–Crippen MR) is 100 cm³/mol. The molecule has 0 fully saturated rings. The molecule has 0 aromatic heterocycles. The van der Waals surface area contributed by atoms with Gasteiger partial charge in [-0.2, -0.15) is 0 Å². The number of aryl methyl sites for hydroxylation is 1. The number of carbonyl (C=O) groups is 1. The summed E-state index contributed by atoms with van der Waals surface area (Å²) in [7, 11) is 3.17. The average Bonchev–Trinajstić information content (AvgIpc) is 2.60. The fourth-order valence-electron chi connectivity index (χ4n) is 2.21. The Morgan fingerprint density at radius 2 is 1.92 bits per heavy atom. The minimum absolute atomic E-state index is 0.0554. The third-order valence-corrected chi connectivity index (χ3v) is 4.98. The van der Waals surface area contributed by atoms with E-state index in [4.69, 9.17) is 9.47 Å². The Bertz CT molecular complexity index is 703. The quantitative estimate of drug-likeness (QED) is 0.814. The second-order valence-electron chi connectivity index (χ2n) is 5.44. The normalized spacial score (nSPS) is 11.7. The van der Waals surface area contributed by atoms with E-state index in [1.165, 1.54) is 11.1 Å². The molecule has 2 aromatic rings. The SMILES string of the molecule is COc1ccc(OC)c(NC(=O)C(C)SCc2ccccc2C)c1. The summed E-state index contributed by atoms with van der Waals surface area (Å²) in [6.45, 7) is 3.99. The van der Waals surface area contributed by atoms with Gasteiger partial charge in [-0.3, -0.25) is 4.79 Å². The molecule has 0 spiro atoms. The van der Waals surface area contributed by atoms with Gasteiger partial charge in [0.2, 0.25) is 5.91 Å². The lowest BCUT2D eigenvalue weighted by Gasteiger charge is -2.15. The van der Waals surface area contributed by atoms with Crippen LogP contribution in [0.2, 0.25) is 0 Å². The average molecular weight is 345 g/mol. The van der Waals surface area contributed by atoms with E-state index in [1.54, 1.807) is 44.2 Å². The Kier molecular flexibility index (Phi) is 6.55. The molecule has 5 heteroatoms. The van der Waals surface area contributed by atoms with Crippen LogP contribution >= 0.6 is 11.8 Å². The van der Waals surface area contributed by atoms with E-state index in [0.29, 0.717) is 17.2 Å². The maximum absolute atomic E-state index is 12.5. The molecule has 0 saturated carbocycles. The number of thioether (sulfide) groups is 1. The molecule has 0 heterocycles. The minimum atomic E-state index is -0.180. The second-order valence-corrected chi connectivity index (χ2v) is 6.76. The van der Waals surface area contributed by atoms with Gasteiger partial charge in [-0.15, -0.1) is 11.8 Å². The maximum Gasteiger partial charge on any atom is 0.237 e. The molecule has 0 radical (unpaired) electrons. The molecule has 0 bridgehead atoms. The first kappa shape index (κ1) is 18.2. The molecule has 24 heavy (non-hydrogen) atoms. The zero-order valence-corrected chi connectivity index (χ0v) is 15.3. The summed E-state index contributed by atoms with van der Waals surface area (Å²) in [5.41, 5.74) is 3.11. The van der Waals surface area contributed by atoms with Crippen LogP contribution in [0.5, 0.6) is 11.5 Å². The second kappa shape index (κ2) is 8.64. The fourth-order valence-corrected chi connectivity index (χ4v) is 3.17. The zero-order valence-electron chi connectivity index (χ0n) is 14.5. The van der Waals surface area contributed by atoms with Gasteiger partial charge in [0, 0.05) is 11.8 Å². The summed E-state index contributed by atoms with van der Waals surface area (Å²) >= 11 is 1.61. The first-order chi connectivity index (χ1) is 11.5. The van der Waals surface area contributed by atoms with E-state index < -0.39 is 0 Å². The third-order valence-electron chi connectivity index (χ3n) is 3.78. The Balaban J connectivity index is 2.00. The van der Waals surface area contributed by atoms with Crippen molar-refractivity contribution in [1.29, 1.82) is 0 Å². The maximum atomic E-state index is 12.5. The van der Waals surface area contributed by atoms with Crippen molar-refractivity contribution in [2.24, 2.45) is 0 Å². The Hall–Kier alpha value is -2.14. The molecule has 1 unspecified atom stereocenters. The van der Waals surface area contributed by atoms with E-state index in [1.807, 2.05) is 19.1 Å². The molecule has 0 saturated heterocycles. The van der Waals surface area contributed by atoms with Gasteiger partial charge in [-0.05, 0) is 37.1 Å². The largest absolute Gasteiger partial charge is 0.497 e. The molecule has 1 amide bonds. The summed E-state index contributed by atoms with van der Waals surface area (Å²) in [5.74, 6) is 2.03. The first-order valence-corrected chi connectivity index (χ1v) is 8.79. The Labute approximate surface area is 147 Å². The molecule has 1 atom stereocenters. The summed E-state index contributed by atoms with van der Waals surface area (Å²) < 4.78 is 10.5. The van der Waals surface area contributed by atoms with Crippen molar-refractivity contribution in [2.45, 2.75) is 24.9 Å². The highest BCUT2D eigenvalue weighted by molar-refractivity contribution is 7.99. The van der Waals surface area contributed by atoms with Crippen LogP contribution in [-0.4, -0.2) is 25.4 Å². The van der Waals surface area contributed by atoms with E-state index in [2.05, 4.69) is 24.4 Å². The van der Waals surface area contributed by atoms with Crippen molar-refractivity contribution < 1.29 is 14.3 Å². The van der Waals surface area contributed by atoms with Crippen molar-refractivity contribution in [3.05, 3.63) is 53.6 Å². The summed E-state index contributed by atoms with van der Waals surface area (Å²) in [5, 5.41) is 2.74. The number of amides is 1. The number of benzene rings is 2. The van der Waals surface area contributed by atoms with Gasteiger partial charge in [0.1, 0.15) is 11.5 Å². The topological polar surface area (TPSA) is 47.6 Å². The van der Waals surface area contributed by atoms with Crippen LogP contribution in [0.1, 0.15) is 18.1 Å². The molecule has 0 aliphatic rings. The van der Waals surface area contributed by atoms with Crippen molar-refractivity contribution in [3.8, 4) is 11.5 Å². The fraction of sp³-hybridized carbons (Fsp3) is 0.316.